The van der Waals surface area contributed by atoms with Gasteiger partial charge in [-0.3, -0.25) is 0 Å². The third-order valence-electron chi connectivity index (χ3n) is 4.59. The molecule has 0 aromatic carbocycles. The molecule has 4 heterocycles. The molecule has 0 saturated carbocycles. The first-order chi connectivity index (χ1) is 14.9. The van der Waals surface area contributed by atoms with Crippen LogP contribution < -0.4 is 5.32 Å². The molecule has 8 heteroatoms. The number of ether oxygens (including phenoxy) is 1. The fourth-order valence-electron chi connectivity index (χ4n) is 3.18. The van der Waals surface area contributed by atoms with Crippen LogP contribution in [0.3, 0.4) is 0 Å². The van der Waals surface area contributed by atoms with Crippen molar-refractivity contribution in [3.63, 3.8) is 0 Å². The van der Waals surface area contributed by atoms with E-state index in [2.05, 4.69) is 43.2 Å². The SMILES string of the molecule is COC(=O)c1cc(-c2cccs2)cnc1Nc1nc(-c2ccc(C)s2)c(CC(C)C)s1. The first-order valence-corrected chi connectivity index (χ1v) is 12.4. The van der Waals surface area contributed by atoms with E-state index in [-0.39, 0.29) is 0 Å². The van der Waals surface area contributed by atoms with Crippen LogP contribution in [0, 0.1) is 12.8 Å². The molecule has 4 aromatic heterocycles. The van der Waals surface area contributed by atoms with E-state index >= 15 is 0 Å². The quantitative estimate of drug-likeness (QED) is 0.294. The number of hydrogen-bond donors (Lipinski definition) is 1. The van der Waals surface area contributed by atoms with Crippen LogP contribution in [0.1, 0.15) is 34.0 Å². The third kappa shape index (κ3) is 4.87. The summed E-state index contributed by atoms with van der Waals surface area (Å²) in [5.74, 6) is 0.536. The summed E-state index contributed by atoms with van der Waals surface area (Å²) in [6.45, 7) is 6.51. The van der Waals surface area contributed by atoms with Gasteiger partial charge >= 0.3 is 5.97 Å². The second kappa shape index (κ2) is 9.30. The summed E-state index contributed by atoms with van der Waals surface area (Å²) < 4.78 is 5.01. The van der Waals surface area contributed by atoms with Crippen molar-refractivity contribution in [2.45, 2.75) is 27.2 Å². The molecule has 1 N–H and O–H groups in total. The molecular formula is C23H23N3O2S3. The number of aryl methyl sites for hydroxylation is 1. The summed E-state index contributed by atoms with van der Waals surface area (Å²) in [5, 5.41) is 5.99. The van der Waals surface area contributed by atoms with Gasteiger partial charge < -0.3 is 10.1 Å². The average Bonchev–Trinajstić information content (AvgIpc) is 3.49. The van der Waals surface area contributed by atoms with Crippen molar-refractivity contribution < 1.29 is 9.53 Å². The molecule has 0 radical (unpaired) electrons. The molecule has 0 fully saturated rings. The van der Waals surface area contributed by atoms with Crippen molar-refractivity contribution in [3.8, 4) is 21.0 Å². The minimum absolute atomic E-state index is 0.391. The summed E-state index contributed by atoms with van der Waals surface area (Å²) in [6.07, 6.45) is 2.72. The lowest BCUT2D eigenvalue weighted by molar-refractivity contribution is 0.0601. The first kappa shape index (κ1) is 21.7. The maximum Gasteiger partial charge on any atom is 0.341 e. The first-order valence-electron chi connectivity index (χ1n) is 9.90. The number of hydrogen-bond acceptors (Lipinski definition) is 8. The van der Waals surface area contributed by atoms with Gasteiger partial charge in [0.25, 0.3) is 0 Å². The Kier molecular flexibility index (Phi) is 6.50. The molecule has 0 aliphatic carbocycles. The monoisotopic (exact) mass is 469 g/mol. The number of pyridine rings is 1. The Labute approximate surface area is 193 Å². The Morgan fingerprint density at radius 1 is 1.19 bits per heavy atom. The van der Waals surface area contributed by atoms with Crippen LogP contribution in [0.5, 0.6) is 0 Å². The number of rotatable bonds is 7. The molecule has 0 saturated heterocycles. The molecule has 0 atom stereocenters. The fraction of sp³-hybridized carbons (Fsp3) is 0.261. The minimum atomic E-state index is -0.429. The molecule has 0 aliphatic heterocycles. The molecule has 5 nitrogen and oxygen atoms in total. The van der Waals surface area contributed by atoms with Gasteiger partial charge in [0.2, 0.25) is 0 Å². The third-order valence-corrected chi connectivity index (χ3v) is 7.51. The molecule has 0 spiro atoms. The molecule has 0 aliphatic rings. The van der Waals surface area contributed by atoms with Crippen LogP contribution in [0.15, 0.2) is 41.9 Å². The predicted octanol–water partition coefficient (Wildman–Crippen LogP) is 7.03. The smallest absolute Gasteiger partial charge is 0.341 e. The van der Waals surface area contributed by atoms with Gasteiger partial charge in [0.05, 0.1) is 17.7 Å². The number of esters is 1. The summed E-state index contributed by atoms with van der Waals surface area (Å²) in [4.78, 5) is 26.6. The van der Waals surface area contributed by atoms with E-state index in [0.29, 0.717) is 17.3 Å². The highest BCUT2D eigenvalue weighted by molar-refractivity contribution is 7.18. The van der Waals surface area contributed by atoms with Crippen LogP contribution in [0.25, 0.3) is 21.0 Å². The lowest BCUT2D eigenvalue weighted by Gasteiger charge is -2.09. The number of carbonyl (C=O) groups excluding carboxylic acids is 1. The van der Waals surface area contributed by atoms with E-state index in [1.54, 1.807) is 40.2 Å². The van der Waals surface area contributed by atoms with Crippen molar-refractivity contribution in [2.75, 3.05) is 12.4 Å². The number of thiazole rings is 1. The largest absolute Gasteiger partial charge is 0.465 e. The fourth-order valence-corrected chi connectivity index (χ4v) is 6.02. The van der Waals surface area contributed by atoms with Crippen LogP contribution in [0.4, 0.5) is 10.9 Å². The highest BCUT2D eigenvalue weighted by Crippen LogP contribution is 2.38. The number of nitrogens with one attached hydrogen (secondary N) is 1. The molecule has 4 aromatic rings. The Morgan fingerprint density at radius 2 is 2.03 bits per heavy atom. The maximum atomic E-state index is 12.5. The van der Waals surface area contributed by atoms with Crippen LogP contribution >= 0.6 is 34.0 Å². The topological polar surface area (TPSA) is 64.1 Å². The number of methoxy groups -OCH3 is 1. The second-order valence-electron chi connectivity index (χ2n) is 7.51. The molecule has 0 unspecified atom stereocenters. The van der Waals surface area contributed by atoms with Gasteiger partial charge in [0.15, 0.2) is 5.13 Å². The van der Waals surface area contributed by atoms with Crippen molar-refractivity contribution in [1.29, 1.82) is 0 Å². The van der Waals surface area contributed by atoms with E-state index in [4.69, 9.17) is 9.72 Å². The Morgan fingerprint density at radius 3 is 2.68 bits per heavy atom. The lowest BCUT2D eigenvalue weighted by atomic mass is 10.1. The molecule has 160 valence electrons. The van der Waals surface area contributed by atoms with Crippen molar-refractivity contribution in [1.82, 2.24) is 9.97 Å². The van der Waals surface area contributed by atoms with Gasteiger partial charge in [0, 0.05) is 26.4 Å². The van der Waals surface area contributed by atoms with Crippen LogP contribution in [-0.4, -0.2) is 23.0 Å². The van der Waals surface area contributed by atoms with Crippen LogP contribution in [-0.2, 0) is 11.2 Å². The number of anilines is 2. The summed E-state index contributed by atoms with van der Waals surface area (Å²) in [6, 6.07) is 10.0. The van der Waals surface area contributed by atoms with E-state index < -0.39 is 5.97 Å². The zero-order valence-corrected chi connectivity index (χ0v) is 20.2. The highest BCUT2D eigenvalue weighted by atomic mass is 32.1. The molecule has 31 heavy (non-hydrogen) atoms. The summed E-state index contributed by atoms with van der Waals surface area (Å²) in [7, 11) is 1.38. The normalized spacial score (nSPS) is 11.1. The van der Waals surface area contributed by atoms with E-state index in [1.807, 2.05) is 23.6 Å². The van der Waals surface area contributed by atoms with Crippen molar-refractivity contribution in [2.24, 2.45) is 5.92 Å². The van der Waals surface area contributed by atoms with Crippen LogP contribution in [0.2, 0.25) is 0 Å². The molecular weight excluding hydrogens is 446 g/mol. The standard InChI is InChI=1S/C23H23N3O2S3/c1-13(2)10-19-20(18-8-7-14(3)30-18)25-23(31-19)26-21-16(22(27)28-4)11-15(12-24-21)17-6-5-9-29-17/h5-9,11-13H,10H2,1-4H3,(H,24,25,26). The van der Waals surface area contributed by atoms with Gasteiger partial charge in [-0.2, -0.15) is 0 Å². The zero-order chi connectivity index (χ0) is 22.0. The minimum Gasteiger partial charge on any atom is -0.465 e. The molecule has 0 amide bonds. The lowest BCUT2D eigenvalue weighted by Crippen LogP contribution is -2.07. The van der Waals surface area contributed by atoms with Crippen molar-refractivity contribution >= 4 is 50.9 Å². The average molecular weight is 470 g/mol. The molecule has 4 rings (SSSR count). The number of carbonyl (C=O) groups is 1. The van der Waals surface area contributed by atoms with E-state index in [1.165, 1.54) is 16.9 Å². The van der Waals surface area contributed by atoms with Gasteiger partial charge in [-0.1, -0.05) is 19.9 Å². The Balaban J connectivity index is 1.71. The van der Waals surface area contributed by atoms with Crippen molar-refractivity contribution in [3.05, 3.63) is 57.2 Å². The van der Waals surface area contributed by atoms with E-state index in [9.17, 15) is 4.79 Å². The Bertz CT molecular complexity index is 1190. The molecule has 0 bridgehead atoms. The maximum absolute atomic E-state index is 12.5. The highest BCUT2D eigenvalue weighted by Gasteiger charge is 2.20. The van der Waals surface area contributed by atoms with E-state index in [0.717, 1.165) is 32.6 Å². The number of aromatic nitrogens is 2. The van der Waals surface area contributed by atoms with Gasteiger partial charge in [-0.15, -0.1) is 34.0 Å². The zero-order valence-electron chi connectivity index (χ0n) is 17.8. The Hall–Kier alpha value is -2.55. The van der Waals surface area contributed by atoms with Gasteiger partial charge in [-0.25, -0.2) is 14.8 Å². The van der Waals surface area contributed by atoms with Gasteiger partial charge in [-0.05, 0) is 48.9 Å². The van der Waals surface area contributed by atoms with Gasteiger partial charge in [0.1, 0.15) is 11.4 Å². The summed E-state index contributed by atoms with van der Waals surface area (Å²) >= 11 is 4.96. The number of nitrogens with zero attached hydrogens (tertiary/aromatic N) is 2. The second-order valence-corrected chi connectivity index (χ2v) is 10.8. The number of thiophene rings is 2. The summed E-state index contributed by atoms with van der Waals surface area (Å²) in [5.41, 5.74) is 2.28. The predicted molar refractivity (Wildman–Crippen MR) is 131 cm³/mol.